The van der Waals surface area contributed by atoms with Crippen molar-refractivity contribution in [1.29, 1.82) is 0 Å². The fourth-order valence-corrected chi connectivity index (χ4v) is 2.67. The molecule has 2 aromatic rings. The van der Waals surface area contributed by atoms with E-state index in [1.54, 1.807) is 6.20 Å². The standard InChI is InChI=1S/C9H11N5O2S2/c15-7(16)6-17-9-13-12-8(18-9)10-3-5-14-4-1-2-11-14/h1-2,4H,3,5-6H2,(H,10,12)(H,15,16). The average Bonchev–Trinajstić information content (AvgIpc) is 2.97. The lowest BCUT2D eigenvalue weighted by Crippen LogP contribution is -2.10. The van der Waals surface area contributed by atoms with E-state index in [2.05, 4.69) is 20.6 Å². The Morgan fingerprint density at radius 3 is 3.17 bits per heavy atom. The van der Waals surface area contributed by atoms with Crippen molar-refractivity contribution in [3.05, 3.63) is 18.5 Å². The second-order valence-electron chi connectivity index (χ2n) is 3.25. The van der Waals surface area contributed by atoms with Gasteiger partial charge in [-0.1, -0.05) is 23.1 Å². The molecule has 0 bridgehead atoms. The first-order valence-electron chi connectivity index (χ1n) is 5.13. The second kappa shape index (κ2) is 6.36. The number of carboxylic acid groups (broad SMARTS) is 1. The summed E-state index contributed by atoms with van der Waals surface area (Å²) in [4.78, 5) is 10.4. The summed E-state index contributed by atoms with van der Waals surface area (Å²) in [5, 5.41) is 24.2. The molecule has 0 saturated carbocycles. The summed E-state index contributed by atoms with van der Waals surface area (Å²) in [5.41, 5.74) is 0. The average molecular weight is 285 g/mol. The number of nitrogens with one attached hydrogen (secondary N) is 1. The van der Waals surface area contributed by atoms with Crippen molar-refractivity contribution in [2.24, 2.45) is 0 Å². The van der Waals surface area contributed by atoms with Gasteiger partial charge in [-0.05, 0) is 6.07 Å². The van der Waals surface area contributed by atoms with Gasteiger partial charge in [-0.2, -0.15) is 5.10 Å². The predicted molar refractivity (Wildman–Crippen MR) is 69.0 cm³/mol. The highest BCUT2D eigenvalue weighted by Crippen LogP contribution is 2.24. The van der Waals surface area contributed by atoms with Gasteiger partial charge in [0.2, 0.25) is 5.13 Å². The van der Waals surface area contributed by atoms with Crippen molar-refractivity contribution in [3.8, 4) is 0 Å². The summed E-state index contributed by atoms with van der Waals surface area (Å²) in [6.07, 6.45) is 3.61. The van der Waals surface area contributed by atoms with Gasteiger partial charge in [0, 0.05) is 18.9 Å². The van der Waals surface area contributed by atoms with Crippen LogP contribution in [0.25, 0.3) is 0 Å². The normalized spacial score (nSPS) is 10.4. The number of hydrogen-bond acceptors (Lipinski definition) is 7. The maximum Gasteiger partial charge on any atom is 0.313 e. The van der Waals surface area contributed by atoms with Gasteiger partial charge in [0.25, 0.3) is 0 Å². The smallest absolute Gasteiger partial charge is 0.313 e. The molecule has 2 heterocycles. The topological polar surface area (TPSA) is 92.9 Å². The molecule has 0 atom stereocenters. The van der Waals surface area contributed by atoms with Gasteiger partial charge in [-0.3, -0.25) is 9.48 Å². The summed E-state index contributed by atoms with van der Waals surface area (Å²) in [7, 11) is 0. The van der Waals surface area contributed by atoms with Crippen LogP contribution in [0.2, 0.25) is 0 Å². The van der Waals surface area contributed by atoms with E-state index < -0.39 is 5.97 Å². The van der Waals surface area contributed by atoms with Crippen molar-refractivity contribution in [1.82, 2.24) is 20.0 Å². The number of nitrogens with zero attached hydrogens (tertiary/aromatic N) is 4. The third-order valence-electron chi connectivity index (χ3n) is 1.90. The van der Waals surface area contributed by atoms with Gasteiger partial charge in [-0.15, -0.1) is 10.2 Å². The number of anilines is 1. The third-order valence-corrected chi connectivity index (χ3v) is 3.90. The molecule has 0 amide bonds. The molecule has 96 valence electrons. The third kappa shape index (κ3) is 4.00. The summed E-state index contributed by atoms with van der Waals surface area (Å²) < 4.78 is 2.47. The minimum absolute atomic E-state index is 0.00191. The van der Waals surface area contributed by atoms with Crippen LogP contribution in [0, 0.1) is 0 Å². The van der Waals surface area contributed by atoms with Crippen LogP contribution in [0.1, 0.15) is 0 Å². The first-order chi connectivity index (χ1) is 8.74. The Morgan fingerprint density at radius 1 is 1.56 bits per heavy atom. The highest BCUT2D eigenvalue weighted by atomic mass is 32.2. The first-order valence-corrected chi connectivity index (χ1v) is 6.93. The summed E-state index contributed by atoms with van der Waals surface area (Å²) in [6.45, 7) is 1.43. The minimum Gasteiger partial charge on any atom is -0.481 e. The van der Waals surface area contributed by atoms with Crippen LogP contribution in [0.3, 0.4) is 0 Å². The Labute approximate surface area is 111 Å². The van der Waals surface area contributed by atoms with Crippen molar-refractivity contribution in [2.75, 3.05) is 17.6 Å². The lowest BCUT2D eigenvalue weighted by Gasteiger charge is -2.01. The first kappa shape index (κ1) is 12.8. The van der Waals surface area contributed by atoms with E-state index in [0.717, 1.165) is 6.54 Å². The molecule has 2 N–H and O–H groups in total. The van der Waals surface area contributed by atoms with Crippen LogP contribution in [0.15, 0.2) is 22.8 Å². The van der Waals surface area contributed by atoms with Gasteiger partial charge in [-0.25, -0.2) is 0 Å². The van der Waals surface area contributed by atoms with Gasteiger partial charge in [0.05, 0.1) is 12.3 Å². The van der Waals surface area contributed by atoms with E-state index in [-0.39, 0.29) is 5.75 Å². The fraction of sp³-hybridized carbons (Fsp3) is 0.333. The number of hydrogen-bond donors (Lipinski definition) is 2. The molecule has 9 heteroatoms. The predicted octanol–water partition coefficient (Wildman–Crippen LogP) is 1.02. The minimum atomic E-state index is -0.858. The monoisotopic (exact) mass is 285 g/mol. The maximum absolute atomic E-state index is 10.4. The molecule has 2 rings (SSSR count). The molecule has 0 spiro atoms. The quantitative estimate of drug-likeness (QED) is 0.734. The number of rotatable bonds is 7. The molecule has 0 aliphatic carbocycles. The van der Waals surface area contributed by atoms with Crippen LogP contribution in [-0.2, 0) is 11.3 Å². The van der Waals surface area contributed by atoms with E-state index in [1.807, 2.05) is 16.9 Å². The van der Waals surface area contributed by atoms with Crippen LogP contribution in [0.4, 0.5) is 5.13 Å². The van der Waals surface area contributed by atoms with Crippen molar-refractivity contribution >= 4 is 34.2 Å². The zero-order chi connectivity index (χ0) is 12.8. The van der Waals surface area contributed by atoms with E-state index in [1.165, 1.54) is 23.1 Å². The van der Waals surface area contributed by atoms with Gasteiger partial charge in [0.1, 0.15) is 0 Å². The second-order valence-corrected chi connectivity index (χ2v) is 5.45. The van der Waals surface area contributed by atoms with Gasteiger partial charge in [0.15, 0.2) is 4.34 Å². The lowest BCUT2D eigenvalue weighted by atomic mass is 10.6. The lowest BCUT2D eigenvalue weighted by molar-refractivity contribution is -0.133. The van der Waals surface area contributed by atoms with Crippen molar-refractivity contribution < 1.29 is 9.90 Å². The summed E-state index contributed by atoms with van der Waals surface area (Å²) in [5.74, 6) is -0.856. The molecule has 0 fully saturated rings. The van der Waals surface area contributed by atoms with Crippen LogP contribution in [0.5, 0.6) is 0 Å². The number of carboxylic acids is 1. The Morgan fingerprint density at radius 2 is 2.44 bits per heavy atom. The molecule has 0 saturated heterocycles. The molecular weight excluding hydrogens is 274 g/mol. The Balaban J connectivity index is 1.74. The Hall–Kier alpha value is -1.61. The number of aliphatic carboxylic acids is 1. The van der Waals surface area contributed by atoms with Crippen molar-refractivity contribution in [2.45, 2.75) is 10.9 Å². The summed E-state index contributed by atoms with van der Waals surface area (Å²) in [6, 6.07) is 1.87. The SMILES string of the molecule is O=C(O)CSc1nnc(NCCn2cccn2)s1. The molecular formula is C9H11N5O2S2. The fourth-order valence-electron chi connectivity index (χ4n) is 1.17. The molecule has 18 heavy (non-hydrogen) atoms. The highest BCUT2D eigenvalue weighted by Gasteiger charge is 2.06. The highest BCUT2D eigenvalue weighted by molar-refractivity contribution is 8.01. The molecule has 2 aromatic heterocycles. The van der Waals surface area contributed by atoms with Crippen molar-refractivity contribution in [3.63, 3.8) is 0 Å². The zero-order valence-corrected chi connectivity index (χ0v) is 10.9. The van der Waals surface area contributed by atoms with E-state index in [9.17, 15) is 4.79 Å². The molecule has 0 aromatic carbocycles. The molecule has 7 nitrogen and oxygen atoms in total. The van der Waals surface area contributed by atoms with E-state index in [4.69, 9.17) is 5.11 Å². The Bertz CT molecular complexity index is 499. The number of thioether (sulfide) groups is 1. The van der Waals surface area contributed by atoms with Gasteiger partial charge < -0.3 is 10.4 Å². The molecule has 0 unspecified atom stereocenters. The van der Waals surface area contributed by atoms with Crippen LogP contribution in [-0.4, -0.2) is 43.4 Å². The van der Waals surface area contributed by atoms with Crippen LogP contribution >= 0.6 is 23.1 Å². The number of aromatic nitrogens is 4. The maximum atomic E-state index is 10.4. The Kier molecular flexibility index (Phi) is 4.53. The largest absolute Gasteiger partial charge is 0.481 e. The molecule has 0 aliphatic rings. The van der Waals surface area contributed by atoms with E-state index >= 15 is 0 Å². The van der Waals surface area contributed by atoms with Crippen LogP contribution < -0.4 is 5.32 Å². The summed E-state index contributed by atoms with van der Waals surface area (Å²) >= 11 is 2.52. The van der Waals surface area contributed by atoms with Gasteiger partial charge >= 0.3 is 5.97 Å². The molecule has 0 radical (unpaired) electrons. The number of carbonyl (C=O) groups is 1. The zero-order valence-electron chi connectivity index (χ0n) is 9.31. The molecule has 0 aliphatic heterocycles. The van der Waals surface area contributed by atoms with E-state index in [0.29, 0.717) is 16.0 Å².